The number of hydrazine groups is 1. The van der Waals surface area contributed by atoms with Gasteiger partial charge in [-0.1, -0.05) is 0 Å². The predicted molar refractivity (Wildman–Crippen MR) is 62.0 cm³/mol. The maximum atomic E-state index is 11.9. The van der Waals surface area contributed by atoms with Gasteiger partial charge < -0.3 is 5.32 Å². The van der Waals surface area contributed by atoms with Crippen LogP contribution in [0.4, 0.5) is 4.79 Å². The number of likely N-dealkylation sites (N-methyl/N-ethyl adjacent to an activating group) is 1. The topological polar surface area (TPSA) is 55.9 Å². The fourth-order valence-corrected chi connectivity index (χ4v) is 2.43. The fourth-order valence-electron chi connectivity index (χ4n) is 1.99. The van der Waals surface area contributed by atoms with E-state index in [1.54, 1.807) is 15.2 Å². The van der Waals surface area contributed by atoms with Gasteiger partial charge in [0.25, 0.3) is 0 Å². The Labute approximate surface area is 102 Å². The van der Waals surface area contributed by atoms with Gasteiger partial charge in [0.15, 0.2) is 0 Å². The molecule has 3 amide bonds. The largest absolute Gasteiger partial charge is 0.357 e. The van der Waals surface area contributed by atoms with Crippen LogP contribution in [0.1, 0.15) is 6.42 Å². The predicted octanol–water partition coefficient (Wildman–Crippen LogP) is -0.191. The number of hydrogen-bond acceptors (Lipinski definition) is 3. The molecule has 0 aromatic heterocycles. The second-order valence-corrected chi connectivity index (χ2v) is 4.75. The van der Waals surface area contributed by atoms with E-state index in [0.29, 0.717) is 0 Å². The molecule has 2 fully saturated rings. The van der Waals surface area contributed by atoms with Gasteiger partial charge in [0.1, 0.15) is 6.04 Å². The zero-order valence-electron chi connectivity index (χ0n) is 8.44. The zero-order valence-corrected chi connectivity index (χ0v) is 10.6. The van der Waals surface area contributed by atoms with Gasteiger partial charge in [-0.25, -0.2) is 14.8 Å². The number of urea groups is 1. The number of halogens is 1. The van der Waals surface area contributed by atoms with Crippen LogP contribution in [0.5, 0.6) is 0 Å². The van der Waals surface area contributed by atoms with Gasteiger partial charge in [-0.3, -0.25) is 7.91 Å². The van der Waals surface area contributed by atoms with Crippen molar-refractivity contribution < 1.29 is 9.59 Å². The van der Waals surface area contributed by atoms with Crippen molar-refractivity contribution in [2.24, 2.45) is 0 Å². The van der Waals surface area contributed by atoms with E-state index < -0.39 is 0 Å². The first-order valence-electron chi connectivity index (χ1n) is 4.88. The normalized spacial score (nSPS) is 26.8. The van der Waals surface area contributed by atoms with Gasteiger partial charge in [-0.2, -0.15) is 0 Å². The molecule has 2 saturated heterocycles. The molecule has 0 radical (unpaired) electrons. The molecule has 6 nitrogen and oxygen atoms in total. The molecule has 2 aliphatic heterocycles. The monoisotopic (exact) mass is 324 g/mol. The summed E-state index contributed by atoms with van der Waals surface area (Å²) in [5, 5.41) is 6.13. The van der Waals surface area contributed by atoms with Crippen LogP contribution in [0.15, 0.2) is 0 Å². The highest BCUT2D eigenvalue weighted by atomic mass is 127. The van der Waals surface area contributed by atoms with E-state index in [1.165, 1.54) is 0 Å². The average molecular weight is 324 g/mol. The summed E-state index contributed by atoms with van der Waals surface area (Å²) in [6.07, 6.45) is 0.718. The first-order chi connectivity index (χ1) is 7.15. The Hall–Kier alpha value is -0.570. The highest BCUT2D eigenvalue weighted by Crippen LogP contribution is 2.25. The van der Waals surface area contributed by atoms with Crippen LogP contribution in [-0.4, -0.2) is 57.8 Å². The summed E-state index contributed by atoms with van der Waals surface area (Å²) >= 11 is 1.99. The van der Waals surface area contributed by atoms with Crippen molar-refractivity contribution in [3.05, 3.63) is 0 Å². The third-order valence-corrected chi connectivity index (χ3v) is 3.66. The second kappa shape index (κ2) is 4.12. The SMILES string of the molecule is CNC(=O)[C@@H]1CCN2CCN(I)C(=O)N12. The summed E-state index contributed by atoms with van der Waals surface area (Å²) < 4.78 is 1.62. The van der Waals surface area contributed by atoms with Gasteiger partial charge in [0.05, 0.1) is 22.9 Å². The van der Waals surface area contributed by atoms with Crippen molar-refractivity contribution in [1.29, 1.82) is 0 Å². The standard InChI is InChI=1S/C8H13IN4O2/c1-10-7(14)6-2-3-11-4-5-12(9)8(15)13(6)11/h6H,2-5H2,1H3,(H,10,14)/t6-/m0/s1. The molecule has 0 bridgehead atoms. The Bertz CT molecular complexity index is 298. The minimum absolute atomic E-state index is 0.0856. The first-order valence-corrected chi connectivity index (χ1v) is 5.84. The van der Waals surface area contributed by atoms with Crippen LogP contribution >= 0.6 is 22.9 Å². The summed E-state index contributed by atoms with van der Waals surface area (Å²) in [7, 11) is 1.60. The number of hydrogen-bond donors (Lipinski definition) is 1. The van der Waals surface area contributed by atoms with E-state index in [-0.39, 0.29) is 18.0 Å². The molecule has 2 heterocycles. The lowest BCUT2D eigenvalue weighted by molar-refractivity contribution is -0.127. The van der Waals surface area contributed by atoms with E-state index in [2.05, 4.69) is 5.32 Å². The summed E-state index contributed by atoms with van der Waals surface area (Å²) in [4.78, 5) is 23.4. The third-order valence-electron chi connectivity index (χ3n) is 2.77. The smallest absolute Gasteiger partial charge is 0.344 e. The van der Waals surface area contributed by atoms with Crippen molar-refractivity contribution in [3.63, 3.8) is 0 Å². The van der Waals surface area contributed by atoms with Crippen molar-refractivity contribution in [1.82, 2.24) is 18.4 Å². The lowest BCUT2D eigenvalue weighted by Gasteiger charge is -2.38. The zero-order chi connectivity index (χ0) is 11.0. The molecule has 0 aliphatic carbocycles. The second-order valence-electron chi connectivity index (χ2n) is 3.59. The van der Waals surface area contributed by atoms with Gasteiger partial charge in [-0.15, -0.1) is 0 Å². The number of nitrogens with zero attached hydrogens (tertiary/aromatic N) is 3. The molecule has 0 unspecified atom stereocenters. The van der Waals surface area contributed by atoms with Crippen LogP contribution in [0, 0.1) is 0 Å². The van der Waals surface area contributed by atoms with E-state index in [9.17, 15) is 9.59 Å². The molecule has 1 atom stereocenters. The molecule has 0 aromatic rings. The summed E-state index contributed by atoms with van der Waals surface area (Å²) in [5.41, 5.74) is 0. The first kappa shape index (κ1) is 10.9. The lowest BCUT2D eigenvalue weighted by atomic mass is 10.2. The Morgan fingerprint density at radius 1 is 1.47 bits per heavy atom. The van der Waals surface area contributed by atoms with E-state index in [0.717, 1.165) is 26.1 Å². The van der Waals surface area contributed by atoms with E-state index in [1.807, 2.05) is 27.9 Å². The summed E-state index contributed by atoms with van der Waals surface area (Å²) in [6.45, 7) is 2.31. The Balaban J connectivity index is 2.17. The van der Waals surface area contributed by atoms with Gasteiger partial charge in [0.2, 0.25) is 5.91 Å². The van der Waals surface area contributed by atoms with Crippen LogP contribution in [-0.2, 0) is 4.79 Å². The number of rotatable bonds is 1. The van der Waals surface area contributed by atoms with Gasteiger partial charge in [0, 0.05) is 26.7 Å². The number of amides is 3. The Morgan fingerprint density at radius 3 is 2.87 bits per heavy atom. The number of carbonyl (C=O) groups excluding carboxylic acids is 2. The number of nitrogens with one attached hydrogen (secondary N) is 1. The van der Waals surface area contributed by atoms with E-state index >= 15 is 0 Å². The highest BCUT2D eigenvalue weighted by Gasteiger charge is 2.43. The van der Waals surface area contributed by atoms with Crippen LogP contribution < -0.4 is 5.32 Å². The minimum atomic E-state index is -0.333. The maximum absolute atomic E-state index is 11.9. The molecule has 0 spiro atoms. The molecule has 0 aromatic carbocycles. The molecule has 2 rings (SSSR count). The molecule has 84 valence electrons. The van der Waals surface area contributed by atoms with Crippen molar-refractivity contribution in [2.75, 3.05) is 26.7 Å². The van der Waals surface area contributed by atoms with Crippen molar-refractivity contribution >= 4 is 34.8 Å². The number of carbonyl (C=O) groups is 2. The molecule has 0 saturated carbocycles. The molecular weight excluding hydrogens is 311 g/mol. The molecular formula is C8H13IN4O2. The van der Waals surface area contributed by atoms with Gasteiger partial charge >= 0.3 is 6.03 Å². The molecule has 15 heavy (non-hydrogen) atoms. The lowest BCUT2D eigenvalue weighted by Crippen LogP contribution is -2.58. The molecule has 7 heteroatoms. The Morgan fingerprint density at radius 2 is 2.20 bits per heavy atom. The summed E-state index contributed by atoms with van der Waals surface area (Å²) in [6, 6.07) is -0.423. The summed E-state index contributed by atoms with van der Waals surface area (Å²) in [5.74, 6) is -0.0856. The average Bonchev–Trinajstić information content (AvgIpc) is 2.67. The third kappa shape index (κ3) is 1.78. The van der Waals surface area contributed by atoms with Crippen molar-refractivity contribution in [2.45, 2.75) is 12.5 Å². The quantitative estimate of drug-likeness (QED) is 0.537. The van der Waals surface area contributed by atoms with Crippen LogP contribution in [0.25, 0.3) is 0 Å². The molecule has 1 N–H and O–H groups in total. The van der Waals surface area contributed by atoms with Crippen LogP contribution in [0.3, 0.4) is 0 Å². The molecule has 2 aliphatic rings. The maximum Gasteiger partial charge on any atom is 0.344 e. The van der Waals surface area contributed by atoms with E-state index in [4.69, 9.17) is 0 Å². The highest BCUT2D eigenvalue weighted by molar-refractivity contribution is 14.1. The van der Waals surface area contributed by atoms with Crippen LogP contribution in [0.2, 0.25) is 0 Å². The minimum Gasteiger partial charge on any atom is -0.357 e. The fraction of sp³-hybridized carbons (Fsp3) is 0.750. The number of fused-ring (bicyclic) bond motifs is 1. The van der Waals surface area contributed by atoms with Gasteiger partial charge in [-0.05, 0) is 6.42 Å². The van der Waals surface area contributed by atoms with Crippen molar-refractivity contribution in [3.8, 4) is 0 Å². The Kier molecular flexibility index (Phi) is 3.01.